The van der Waals surface area contributed by atoms with Crippen molar-refractivity contribution >= 4 is 0 Å². The molecule has 1 saturated carbocycles. The molecular weight excluding hydrogens is 224 g/mol. The Morgan fingerprint density at radius 3 is 2.39 bits per heavy atom. The van der Waals surface area contributed by atoms with Crippen molar-refractivity contribution < 1.29 is 4.74 Å². The van der Waals surface area contributed by atoms with Crippen molar-refractivity contribution in [1.29, 1.82) is 0 Å². The number of likely N-dealkylation sites (tertiary alicyclic amines) is 1. The molecule has 3 nitrogen and oxygen atoms in total. The molecule has 2 aliphatic rings. The second kappa shape index (κ2) is 6.88. The maximum absolute atomic E-state index is 5.61. The second-order valence-electron chi connectivity index (χ2n) is 6.38. The highest BCUT2D eigenvalue weighted by Crippen LogP contribution is 2.25. The quantitative estimate of drug-likeness (QED) is 0.787. The monoisotopic (exact) mass is 254 g/mol. The average molecular weight is 254 g/mol. The molecule has 0 bridgehead atoms. The van der Waals surface area contributed by atoms with Gasteiger partial charge in [-0.2, -0.15) is 0 Å². The molecule has 1 aliphatic heterocycles. The number of nitrogens with one attached hydrogen (secondary N) is 1. The van der Waals surface area contributed by atoms with Gasteiger partial charge in [-0.05, 0) is 51.6 Å². The molecule has 2 fully saturated rings. The molecule has 0 unspecified atom stereocenters. The van der Waals surface area contributed by atoms with Crippen LogP contribution in [-0.2, 0) is 4.74 Å². The fraction of sp³-hybridized carbons (Fsp3) is 1.00. The molecule has 106 valence electrons. The molecule has 2 rings (SSSR count). The van der Waals surface area contributed by atoms with Gasteiger partial charge in [0.05, 0.1) is 6.10 Å². The molecule has 3 heteroatoms. The van der Waals surface area contributed by atoms with E-state index in [2.05, 4.69) is 31.0 Å². The zero-order chi connectivity index (χ0) is 13.0. The predicted octanol–water partition coefficient (Wildman–Crippen LogP) is 2.26. The molecule has 0 radical (unpaired) electrons. The van der Waals surface area contributed by atoms with Crippen LogP contribution in [0.3, 0.4) is 0 Å². The lowest BCUT2D eigenvalue weighted by Crippen LogP contribution is -2.52. The van der Waals surface area contributed by atoms with E-state index in [-0.39, 0.29) is 0 Å². The van der Waals surface area contributed by atoms with E-state index in [1.165, 1.54) is 45.3 Å². The highest BCUT2D eigenvalue weighted by molar-refractivity contribution is 4.90. The Balaban J connectivity index is 1.57. The topological polar surface area (TPSA) is 24.5 Å². The summed E-state index contributed by atoms with van der Waals surface area (Å²) in [4.78, 5) is 2.62. The Morgan fingerprint density at radius 2 is 1.83 bits per heavy atom. The largest absolute Gasteiger partial charge is 0.378 e. The summed E-state index contributed by atoms with van der Waals surface area (Å²) in [5.74, 6) is 0.799. The summed E-state index contributed by atoms with van der Waals surface area (Å²) < 4.78 is 5.61. The first-order valence-electron chi connectivity index (χ1n) is 7.77. The van der Waals surface area contributed by atoms with Gasteiger partial charge >= 0.3 is 0 Å². The van der Waals surface area contributed by atoms with Gasteiger partial charge in [0.25, 0.3) is 0 Å². The molecule has 0 aromatic carbocycles. The van der Waals surface area contributed by atoms with Crippen LogP contribution < -0.4 is 5.32 Å². The second-order valence-corrected chi connectivity index (χ2v) is 6.38. The van der Waals surface area contributed by atoms with Crippen LogP contribution in [0, 0.1) is 5.92 Å². The first-order valence-corrected chi connectivity index (χ1v) is 7.77. The van der Waals surface area contributed by atoms with Crippen LogP contribution in [0.1, 0.15) is 46.5 Å². The van der Waals surface area contributed by atoms with E-state index in [9.17, 15) is 0 Å². The standard InChI is InChI=1S/C15H30N2O/c1-4-18-15-9-14(10-15)16-13-5-7-17(8-6-13)11-12(2)3/h12-16H,4-11H2,1-3H3. The number of rotatable bonds is 6. The van der Waals surface area contributed by atoms with E-state index in [4.69, 9.17) is 4.74 Å². The van der Waals surface area contributed by atoms with Crippen LogP contribution in [0.4, 0.5) is 0 Å². The van der Waals surface area contributed by atoms with Gasteiger partial charge in [0.2, 0.25) is 0 Å². The fourth-order valence-electron chi connectivity index (χ4n) is 3.21. The third-order valence-corrected chi connectivity index (χ3v) is 4.18. The lowest BCUT2D eigenvalue weighted by Gasteiger charge is -2.40. The summed E-state index contributed by atoms with van der Waals surface area (Å²) in [6, 6.07) is 1.48. The van der Waals surface area contributed by atoms with Crippen LogP contribution in [0.15, 0.2) is 0 Å². The molecule has 18 heavy (non-hydrogen) atoms. The Kier molecular flexibility index (Phi) is 5.46. The van der Waals surface area contributed by atoms with Crippen LogP contribution in [0.5, 0.6) is 0 Å². The summed E-state index contributed by atoms with van der Waals surface area (Å²) in [5.41, 5.74) is 0. The number of ether oxygens (including phenoxy) is 1. The predicted molar refractivity (Wildman–Crippen MR) is 75.9 cm³/mol. The summed E-state index contributed by atoms with van der Waals surface area (Å²) >= 11 is 0. The number of piperidine rings is 1. The van der Waals surface area contributed by atoms with Gasteiger partial charge in [-0.1, -0.05) is 13.8 Å². The number of hydrogen-bond acceptors (Lipinski definition) is 3. The highest BCUT2D eigenvalue weighted by Gasteiger charge is 2.31. The molecular formula is C15H30N2O. The van der Waals surface area contributed by atoms with Crippen molar-refractivity contribution in [3.63, 3.8) is 0 Å². The van der Waals surface area contributed by atoms with Gasteiger partial charge in [-0.15, -0.1) is 0 Å². The van der Waals surface area contributed by atoms with E-state index >= 15 is 0 Å². The van der Waals surface area contributed by atoms with Crippen molar-refractivity contribution in [3.8, 4) is 0 Å². The average Bonchev–Trinajstić information content (AvgIpc) is 2.28. The molecule has 1 N–H and O–H groups in total. The van der Waals surface area contributed by atoms with Crippen molar-refractivity contribution in [1.82, 2.24) is 10.2 Å². The Morgan fingerprint density at radius 1 is 1.17 bits per heavy atom. The third kappa shape index (κ3) is 4.22. The minimum Gasteiger partial charge on any atom is -0.378 e. The summed E-state index contributed by atoms with van der Waals surface area (Å²) in [5, 5.41) is 3.81. The molecule has 0 amide bonds. The lowest BCUT2D eigenvalue weighted by molar-refractivity contribution is -0.0143. The van der Waals surface area contributed by atoms with Crippen molar-refractivity contribution in [3.05, 3.63) is 0 Å². The maximum atomic E-state index is 5.61. The summed E-state index contributed by atoms with van der Waals surface area (Å²) in [6.07, 6.45) is 5.62. The van der Waals surface area contributed by atoms with Crippen molar-refractivity contribution in [2.75, 3.05) is 26.2 Å². The van der Waals surface area contributed by atoms with Crippen LogP contribution in [0.2, 0.25) is 0 Å². The van der Waals surface area contributed by atoms with Gasteiger partial charge < -0.3 is 15.0 Å². The minimum absolute atomic E-state index is 0.536. The van der Waals surface area contributed by atoms with E-state index in [0.717, 1.165) is 24.6 Å². The number of hydrogen-bond donors (Lipinski definition) is 1. The Bertz CT molecular complexity index is 231. The molecule has 0 aromatic rings. The molecule has 0 aromatic heterocycles. The molecule has 0 spiro atoms. The van der Waals surface area contributed by atoms with E-state index in [0.29, 0.717) is 6.10 Å². The zero-order valence-corrected chi connectivity index (χ0v) is 12.3. The number of nitrogens with zero attached hydrogens (tertiary/aromatic N) is 1. The normalized spacial score (nSPS) is 30.7. The molecule has 1 saturated heterocycles. The summed E-state index contributed by atoms with van der Waals surface area (Å²) in [6.45, 7) is 11.4. The lowest BCUT2D eigenvalue weighted by atomic mass is 9.87. The minimum atomic E-state index is 0.536. The van der Waals surface area contributed by atoms with E-state index in [1.807, 2.05) is 0 Å². The molecule has 1 aliphatic carbocycles. The maximum Gasteiger partial charge on any atom is 0.0604 e. The third-order valence-electron chi connectivity index (χ3n) is 4.18. The van der Waals surface area contributed by atoms with Gasteiger partial charge in [0.15, 0.2) is 0 Å². The van der Waals surface area contributed by atoms with Gasteiger partial charge in [-0.3, -0.25) is 0 Å². The zero-order valence-electron chi connectivity index (χ0n) is 12.3. The first kappa shape index (κ1) is 14.3. The van der Waals surface area contributed by atoms with Crippen LogP contribution >= 0.6 is 0 Å². The SMILES string of the molecule is CCOC1CC(NC2CCN(CC(C)C)CC2)C1. The van der Waals surface area contributed by atoms with Crippen molar-refractivity contribution in [2.24, 2.45) is 5.92 Å². The van der Waals surface area contributed by atoms with Crippen molar-refractivity contribution in [2.45, 2.75) is 64.6 Å². The fourth-order valence-corrected chi connectivity index (χ4v) is 3.21. The first-order chi connectivity index (χ1) is 8.67. The molecule has 1 heterocycles. The van der Waals surface area contributed by atoms with Gasteiger partial charge in [0.1, 0.15) is 0 Å². The Labute approximate surface area is 112 Å². The van der Waals surface area contributed by atoms with Gasteiger partial charge in [-0.25, -0.2) is 0 Å². The van der Waals surface area contributed by atoms with Gasteiger partial charge in [0, 0.05) is 25.2 Å². The Hall–Kier alpha value is -0.120. The van der Waals surface area contributed by atoms with Crippen LogP contribution in [-0.4, -0.2) is 49.3 Å². The van der Waals surface area contributed by atoms with E-state index < -0.39 is 0 Å². The highest BCUT2D eigenvalue weighted by atomic mass is 16.5. The smallest absolute Gasteiger partial charge is 0.0604 e. The van der Waals surface area contributed by atoms with Crippen LogP contribution in [0.25, 0.3) is 0 Å². The summed E-state index contributed by atoms with van der Waals surface area (Å²) in [7, 11) is 0. The van der Waals surface area contributed by atoms with E-state index in [1.54, 1.807) is 0 Å². The molecule has 0 atom stereocenters.